The van der Waals surface area contributed by atoms with Gasteiger partial charge in [-0.2, -0.15) is 0 Å². The predicted molar refractivity (Wildman–Crippen MR) is 61.5 cm³/mol. The van der Waals surface area contributed by atoms with Crippen LogP contribution in [0, 0.1) is 11.8 Å². The first kappa shape index (κ1) is 12.3. The van der Waals surface area contributed by atoms with Gasteiger partial charge in [0.1, 0.15) is 0 Å². The first-order valence-corrected chi connectivity index (χ1v) is 5.80. The fraction of sp³-hybridized carbons (Fsp3) is 0.909. The molecule has 0 heterocycles. The van der Waals surface area contributed by atoms with Gasteiger partial charge < -0.3 is 16.4 Å². The lowest BCUT2D eigenvalue weighted by molar-refractivity contribution is 0.201. The lowest BCUT2D eigenvalue weighted by atomic mass is 9.80. The van der Waals surface area contributed by atoms with E-state index in [1.54, 1.807) is 0 Å². The average Bonchev–Trinajstić information content (AvgIpc) is 2.10. The minimum Gasteiger partial charge on any atom is -0.335 e. The summed E-state index contributed by atoms with van der Waals surface area (Å²) in [6.45, 7) is 6.95. The number of nitrogens with two attached hydrogens (primary N) is 1. The van der Waals surface area contributed by atoms with Gasteiger partial charge in [0.25, 0.3) is 0 Å². The molecule has 1 fully saturated rings. The van der Waals surface area contributed by atoms with E-state index < -0.39 is 0 Å². The molecule has 0 aromatic carbocycles. The number of hydrogen-bond donors (Lipinski definition) is 3. The van der Waals surface area contributed by atoms with Crippen molar-refractivity contribution in [1.29, 1.82) is 0 Å². The van der Waals surface area contributed by atoms with Crippen molar-refractivity contribution in [3.63, 3.8) is 0 Å². The zero-order chi connectivity index (χ0) is 11.4. The molecule has 88 valence electrons. The molecule has 15 heavy (non-hydrogen) atoms. The third-order valence-electron chi connectivity index (χ3n) is 3.26. The van der Waals surface area contributed by atoms with Gasteiger partial charge in [-0.1, -0.05) is 13.8 Å². The fourth-order valence-corrected chi connectivity index (χ4v) is 1.65. The summed E-state index contributed by atoms with van der Waals surface area (Å²) in [7, 11) is 0. The molecule has 1 rings (SSSR count). The number of hydrogen-bond acceptors (Lipinski definition) is 2. The summed E-state index contributed by atoms with van der Waals surface area (Å²) >= 11 is 0. The van der Waals surface area contributed by atoms with Crippen molar-refractivity contribution in [1.82, 2.24) is 10.6 Å². The molecule has 4 nitrogen and oxygen atoms in total. The van der Waals surface area contributed by atoms with Gasteiger partial charge >= 0.3 is 6.03 Å². The Kier molecular flexibility index (Phi) is 4.39. The highest BCUT2D eigenvalue weighted by atomic mass is 16.2. The molecule has 0 spiro atoms. The smallest absolute Gasteiger partial charge is 0.315 e. The Morgan fingerprint density at radius 1 is 1.40 bits per heavy atom. The molecular formula is C11H23N3O. The minimum absolute atomic E-state index is 0.0447. The van der Waals surface area contributed by atoms with E-state index in [0.29, 0.717) is 17.9 Å². The molecule has 4 N–H and O–H groups in total. The lowest BCUT2D eigenvalue weighted by Gasteiger charge is -2.35. The summed E-state index contributed by atoms with van der Waals surface area (Å²) < 4.78 is 0. The molecule has 2 amide bonds. The van der Waals surface area contributed by atoms with Crippen LogP contribution in [0.5, 0.6) is 0 Å². The third kappa shape index (κ3) is 3.70. The maximum Gasteiger partial charge on any atom is 0.315 e. The summed E-state index contributed by atoms with van der Waals surface area (Å²) in [5, 5.41) is 5.89. The molecule has 4 heteroatoms. The maximum absolute atomic E-state index is 11.5. The number of rotatable bonds is 4. The van der Waals surface area contributed by atoms with Crippen molar-refractivity contribution in [2.75, 3.05) is 6.54 Å². The fourth-order valence-electron chi connectivity index (χ4n) is 1.65. The highest BCUT2D eigenvalue weighted by Crippen LogP contribution is 2.25. The Labute approximate surface area is 92.0 Å². The van der Waals surface area contributed by atoms with Crippen LogP contribution in [0.1, 0.15) is 33.6 Å². The van der Waals surface area contributed by atoms with E-state index in [2.05, 4.69) is 24.5 Å². The number of nitrogens with one attached hydrogen (secondary N) is 2. The van der Waals surface area contributed by atoms with Crippen LogP contribution in [-0.4, -0.2) is 24.7 Å². The molecule has 1 unspecified atom stereocenters. The predicted octanol–water partition coefficient (Wildman–Crippen LogP) is 1.07. The van der Waals surface area contributed by atoms with Crippen molar-refractivity contribution in [2.45, 2.75) is 45.7 Å². The summed E-state index contributed by atoms with van der Waals surface area (Å²) in [5.74, 6) is 1.08. The normalized spacial score (nSPS) is 27.0. The van der Waals surface area contributed by atoms with Gasteiger partial charge in [-0.15, -0.1) is 0 Å². The molecule has 0 saturated heterocycles. The largest absolute Gasteiger partial charge is 0.335 e. The van der Waals surface area contributed by atoms with E-state index in [1.165, 1.54) is 0 Å². The Morgan fingerprint density at radius 3 is 2.47 bits per heavy atom. The lowest BCUT2D eigenvalue weighted by Crippen LogP contribution is -2.52. The van der Waals surface area contributed by atoms with E-state index in [0.717, 1.165) is 19.4 Å². The Morgan fingerprint density at radius 2 is 2.00 bits per heavy atom. The van der Waals surface area contributed by atoms with Crippen LogP contribution >= 0.6 is 0 Å². The number of amides is 2. The summed E-state index contributed by atoms with van der Waals surface area (Å²) in [6, 6.07) is 0.505. The van der Waals surface area contributed by atoms with Crippen LogP contribution in [0.15, 0.2) is 0 Å². The highest BCUT2D eigenvalue weighted by Gasteiger charge is 2.29. The SMILES string of the molecule is CC(C)C(C)NC(=O)NC1CC(CN)C1. The molecule has 1 atom stereocenters. The van der Waals surface area contributed by atoms with Gasteiger partial charge in [0.05, 0.1) is 0 Å². The molecule has 0 bridgehead atoms. The Bertz CT molecular complexity index is 212. The molecule has 1 saturated carbocycles. The van der Waals surface area contributed by atoms with Crippen LogP contribution in [0.4, 0.5) is 4.79 Å². The van der Waals surface area contributed by atoms with E-state index in [1.807, 2.05) is 6.92 Å². The van der Waals surface area contributed by atoms with E-state index >= 15 is 0 Å². The quantitative estimate of drug-likeness (QED) is 0.654. The monoisotopic (exact) mass is 213 g/mol. The summed E-state index contributed by atoms with van der Waals surface area (Å²) in [5.41, 5.74) is 5.52. The molecule has 0 radical (unpaired) electrons. The number of carbonyl (C=O) groups excluding carboxylic acids is 1. The molecule has 0 aliphatic heterocycles. The van der Waals surface area contributed by atoms with Crippen LogP contribution in [0.2, 0.25) is 0 Å². The van der Waals surface area contributed by atoms with Crippen LogP contribution in [0.3, 0.4) is 0 Å². The molecule has 0 aromatic heterocycles. The third-order valence-corrected chi connectivity index (χ3v) is 3.26. The second kappa shape index (κ2) is 5.35. The van der Waals surface area contributed by atoms with Crippen LogP contribution in [0.25, 0.3) is 0 Å². The zero-order valence-corrected chi connectivity index (χ0v) is 9.92. The second-order valence-corrected chi connectivity index (χ2v) is 4.92. The van der Waals surface area contributed by atoms with E-state index in [-0.39, 0.29) is 12.1 Å². The van der Waals surface area contributed by atoms with E-state index in [4.69, 9.17) is 5.73 Å². The van der Waals surface area contributed by atoms with Crippen molar-refractivity contribution in [3.05, 3.63) is 0 Å². The van der Waals surface area contributed by atoms with Crippen molar-refractivity contribution in [3.8, 4) is 0 Å². The zero-order valence-electron chi connectivity index (χ0n) is 9.92. The van der Waals surface area contributed by atoms with E-state index in [9.17, 15) is 4.79 Å². The molecule has 1 aliphatic carbocycles. The molecule has 1 aliphatic rings. The minimum atomic E-state index is -0.0447. The van der Waals surface area contributed by atoms with Crippen molar-refractivity contribution >= 4 is 6.03 Å². The first-order valence-electron chi connectivity index (χ1n) is 5.80. The van der Waals surface area contributed by atoms with Gasteiger partial charge in [-0.3, -0.25) is 0 Å². The van der Waals surface area contributed by atoms with Crippen molar-refractivity contribution in [2.24, 2.45) is 17.6 Å². The van der Waals surface area contributed by atoms with Gasteiger partial charge in [0, 0.05) is 12.1 Å². The second-order valence-electron chi connectivity index (χ2n) is 4.92. The first-order chi connectivity index (χ1) is 7.02. The van der Waals surface area contributed by atoms with Gasteiger partial charge in [-0.25, -0.2) is 4.79 Å². The topological polar surface area (TPSA) is 67.2 Å². The van der Waals surface area contributed by atoms with Gasteiger partial charge in [0.2, 0.25) is 0 Å². The molecule has 0 aromatic rings. The standard InChI is InChI=1S/C11H23N3O/c1-7(2)8(3)13-11(15)14-10-4-9(5-10)6-12/h7-10H,4-6,12H2,1-3H3,(H2,13,14,15). The summed E-state index contributed by atoms with van der Waals surface area (Å²) in [4.78, 5) is 11.5. The van der Waals surface area contributed by atoms with Crippen molar-refractivity contribution < 1.29 is 4.79 Å². The van der Waals surface area contributed by atoms with Crippen LogP contribution < -0.4 is 16.4 Å². The maximum atomic E-state index is 11.5. The van der Waals surface area contributed by atoms with Gasteiger partial charge in [-0.05, 0) is 38.1 Å². The Hall–Kier alpha value is -0.770. The highest BCUT2D eigenvalue weighted by molar-refractivity contribution is 5.74. The number of carbonyl (C=O) groups is 1. The van der Waals surface area contributed by atoms with Gasteiger partial charge in [0.15, 0.2) is 0 Å². The average molecular weight is 213 g/mol. The van der Waals surface area contributed by atoms with Crippen LogP contribution in [-0.2, 0) is 0 Å². The number of urea groups is 1. The molecular weight excluding hydrogens is 190 g/mol. The summed E-state index contributed by atoms with van der Waals surface area (Å²) in [6.07, 6.45) is 2.06. The Balaban J connectivity index is 2.15.